The molecule has 1 fully saturated rings. The summed E-state index contributed by atoms with van der Waals surface area (Å²) in [5.41, 5.74) is 1.88. The van der Waals surface area contributed by atoms with E-state index < -0.39 is 0 Å². The van der Waals surface area contributed by atoms with Gasteiger partial charge in [-0.25, -0.2) is 0 Å². The average Bonchev–Trinajstić information content (AvgIpc) is 3.17. The minimum atomic E-state index is 0.164. The van der Waals surface area contributed by atoms with E-state index in [1.165, 1.54) is 17.1 Å². The Morgan fingerprint density at radius 3 is 2.95 bits per heavy atom. The third kappa shape index (κ3) is 3.99. The fourth-order valence-corrected chi connectivity index (χ4v) is 3.36. The Morgan fingerprint density at radius 2 is 2.19 bits per heavy atom. The number of carbonyl (C=O) groups is 1. The zero-order chi connectivity index (χ0) is 14.5. The van der Waals surface area contributed by atoms with Gasteiger partial charge in [0.25, 0.3) is 0 Å². The van der Waals surface area contributed by atoms with Crippen LogP contribution in [0, 0.1) is 5.92 Å². The standard InChI is InChI=1S/C17H19NO2S/c19-17(7-6-14-8-9-20-12-14)16-11-15(21-18-16)10-13-4-2-1-3-5-13/h1-5,11,14H,6-10,12H2. The number of aromatic nitrogens is 1. The third-order valence-electron chi connectivity index (χ3n) is 3.87. The normalized spacial score (nSPS) is 18.0. The van der Waals surface area contributed by atoms with Crippen LogP contribution in [-0.2, 0) is 11.2 Å². The van der Waals surface area contributed by atoms with Gasteiger partial charge in [-0.3, -0.25) is 4.79 Å². The highest BCUT2D eigenvalue weighted by atomic mass is 32.1. The summed E-state index contributed by atoms with van der Waals surface area (Å²) < 4.78 is 9.66. The molecule has 0 bridgehead atoms. The number of carbonyl (C=O) groups excluding carboxylic acids is 1. The SMILES string of the molecule is O=C(CCC1CCOC1)c1cc(Cc2ccccc2)sn1. The number of ether oxygens (including phenoxy) is 1. The summed E-state index contributed by atoms with van der Waals surface area (Å²) in [5, 5.41) is 0. The molecule has 21 heavy (non-hydrogen) atoms. The second-order valence-corrected chi connectivity index (χ2v) is 6.42. The Bertz CT molecular complexity index is 588. The van der Waals surface area contributed by atoms with Crippen LogP contribution < -0.4 is 0 Å². The summed E-state index contributed by atoms with van der Waals surface area (Å²) in [6.45, 7) is 1.65. The zero-order valence-electron chi connectivity index (χ0n) is 12.0. The molecule has 110 valence electrons. The van der Waals surface area contributed by atoms with Crippen LogP contribution in [0.2, 0.25) is 0 Å². The van der Waals surface area contributed by atoms with E-state index in [2.05, 4.69) is 16.5 Å². The minimum Gasteiger partial charge on any atom is -0.381 e. The van der Waals surface area contributed by atoms with Gasteiger partial charge in [-0.1, -0.05) is 30.3 Å². The first-order valence-electron chi connectivity index (χ1n) is 7.42. The maximum atomic E-state index is 12.2. The lowest BCUT2D eigenvalue weighted by atomic mass is 10.00. The van der Waals surface area contributed by atoms with Crippen LogP contribution in [-0.4, -0.2) is 23.4 Å². The maximum Gasteiger partial charge on any atom is 0.182 e. The smallest absolute Gasteiger partial charge is 0.182 e. The Labute approximate surface area is 129 Å². The molecule has 0 saturated carbocycles. The molecule has 0 aliphatic carbocycles. The predicted octanol–water partition coefficient (Wildman–Crippen LogP) is 3.73. The van der Waals surface area contributed by atoms with Crippen LogP contribution in [0.4, 0.5) is 0 Å². The summed E-state index contributed by atoms with van der Waals surface area (Å²) in [6, 6.07) is 12.2. The van der Waals surface area contributed by atoms with Crippen molar-refractivity contribution < 1.29 is 9.53 Å². The molecule has 1 aliphatic heterocycles. The molecule has 3 nitrogen and oxygen atoms in total. The van der Waals surface area contributed by atoms with E-state index in [0.29, 0.717) is 18.0 Å². The second-order valence-electron chi connectivity index (χ2n) is 5.53. The van der Waals surface area contributed by atoms with Crippen LogP contribution >= 0.6 is 11.5 Å². The fraction of sp³-hybridized carbons (Fsp3) is 0.412. The Kier molecular flexibility index (Phi) is 4.78. The van der Waals surface area contributed by atoms with Crippen molar-refractivity contribution in [3.05, 3.63) is 52.5 Å². The molecule has 1 atom stereocenters. The first-order chi connectivity index (χ1) is 10.3. The number of Topliss-reactive ketones (excluding diaryl/α,β-unsaturated/α-hetero) is 1. The van der Waals surface area contributed by atoms with Crippen LogP contribution in [0.5, 0.6) is 0 Å². The van der Waals surface area contributed by atoms with Crippen LogP contribution in [0.3, 0.4) is 0 Å². The molecule has 1 saturated heterocycles. The maximum absolute atomic E-state index is 12.2. The molecule has 1 unspecified atom stereocenters. The van der Waals surface area contributed by atoms with Crippen molar-refractivity contribution in [2.24, 2.45) is 5.92 Å². The van der Waals surface area contributed by atoms with Gasteiger partial charge in [-0.2, -0.15) is 4.37 Å². The molecule has 0 spiro atoms. The summed E-state index contributed by atoms with van der Waals surface area (Å²) in [6.07, 6.45) is 3.44. The van der Waals surface area contributed by atoms with E-state index in [1.54, 1.807) is 0 Å². The monoisotopic (exact) mass is 301 g/mol. The van der Waals surface area contributed by atoms with E-state index in [-0.39, 0.29) is 5.78 Å². The Balaban J connectivity index is 1.55. The average molecular weight is 301 g/mol. The van der Waals surface area contributed by atoms with E-state index in [0.717, 1.165) is 37.4 Å². The van der Waals surface area contributed by atoms with Crippen molar-refractivity contribution in [2.75, 3.05) is 13.2 Å². The highest BCUT2D eigenvalue weighted by molar-refractivity contribution is 7.06. The van der Waals surface area contributed by atoms with Crippen molar-refractivity contribution in [1.82, 2.24) is 4.37 Å². The molecule has 0 N–H and O–H groups in total. The quantitative estimate of drug-likeness (QED) is 0.763. The van der Waals surface area contributed by atoms with Gasteiger partial charge in [-0.15, -0.1) is 0 Å². The first-order valence-corrected chi connectivity index (χ1v) is 8.19. The molecular weight excluding hydrogens is 282 g/mol. The van der Waals surface area contributed by atoms with Gasteiger partial charge in [0.2, 0.25) is 0 Å². The van der Waals surface area contributed by atoms with E-state index >= 15 is 0 Å². The molecule has 0 amide bonds. The number of hydrogen-bond acceptors (Lipinski definition) is 4. The van der Waals surface area contributed by atoms with Gasteiger partial charge >= 0.3 is 0 Å². The molecule has 4 heteroatoms. The predicted molar refractivity (Wildman–Crippen MR) is 83.9 cm³/mol. The van der Waals surface area contributed by atoms with Gasteiger partial charge < -0.3 is 4.74 Å². The number of benzene rings is 1. The molecule has 2 heterocycles. The van der Waals surface area contributed by atoms with Gasteiger partial charge in [0.15, 0.2) is 5.78 Å². The van der Waals surface area contributed by atoms with E-state index in [9.17, 15) is 4.79 Å². The highest BCUT2D eigenvalue weighted by Gasteiger charge is 2.18. The van der Waals surface area contributed by atoms with Crippen molar-refractivity contribution in [3.8, 4) is 0 Å². The summed E-state index contributed by atoms with van der Waals surface area (Å²) in [7, 11) is 0. The molecule has 1 aliphatic rings. The van der Waals surface area contributed by atoms with Gasteiger partial charge in [-0.05, 0) is 41.9 Å². The van der Waals surface area contributed by atoms with Crippen molar-refractivity contribution in [3.63, 3.8) is 0 Å². The van der Waals surface area contributed by atoms with Crippen molar-refractivity contribution in [1.29, 1.82) is 0 Å². The van der Waals surface area contributed by atoms with Crippen molar-refractivity contribution >= 4 is 17.3 Å². The molecule has 3 rings (SSSR count). The summed E-state index contributed by atoms with van der Waals surface area (Å²) in [5.74, 6) is 0.717. The van der Waals surface area contributed by atoms with E-state index in [4.69, 9.17) is 4.74 Å². The summed E-state index contributed by atoms with van der Waals surface area (Å²) in [4.78, 5) is 13.3. The van der Waals surface area contributed by atoms with E-state index in [1.807, 2.05) is 24.3 Å². The Hall–Kier alpha value is -1.52. The number of ketones is 1. The lowest BCUT2D eigenvalue weighted by molar-refractivity contribution is 0.0967. The van der Waals surface area contributed by atoms with Crippen molar-refractivity contribution in [2.45, 2.75) is 25.7 Å². The lowest BCUT2D eigenvalue weighted by Gasteiger charge is -2.04. The highest BCUT2D eigenvalue weighted by Crippen LogP contribution is 2.21. The third-order valence-corrected chi connectivity index (χ3v) is 4.65. The molecule has 1 aromatic carbocycles. The zero-order valence-corrected chi connectivity index (χ0v) is 12.8. The van der Waals surface area contributed by atoms with Crippen LogP contribution in [0.15, 0.2) is 36.4 Å². The lowest BCUT2D eigenvalue weighted by Crippen LogP contribution is -2.05. The first kappa shape index (κ1) is 14.4. The molecule has 0 radical (unpaired) electrons. The Morgan fingerprint density at radius 1 is 1.33 bits per heavy atom. The minimum absolute atomic E-state index is 0.164. The van der Waals surface area contributed by atoms with Crippen LogP contribution in [0.1, 0.15) is 40.2 Å². The topological polar surface area (TPSA) is 39.2 Å². The number of nitrogens with zero attached hydrogens (tertiary/aromatic N) is 1. The molecule has 2 aromatic rings. The molecular formula is C17H19NO2S. The number of rotatable bonds is 6. The van der Waals surface area contributed by atoms with Gasteiger partial charge in [0, 0.05) is 30.9 Å². The van der Waals surface area contributed by atoms with Gasteiger partial charge in [0.05, 0.1) is 0 Å². The fourth-order valence-electron chi connectivity index (χ4n) is 2.60. The second kappa shape index (κ2) is 6.96. The van der Waals surface area contributed by atoms with Crippen LogP contribution in [0.25, 0.3) is 0 Å². The summed E-state index contributed by atoms with van der Waals surface area (Å²) >= 11 is 1.44. The largest absolute Gasteiger partial charge is 0.381 e. The number of hydrogen-bond donors (Lipinski definition) is 0. The molecule has 1 aromatic heterocycles. The van der Waals surface area contributed by atoms with Gasteiger partial charge in [0.1, 0.15) is 5.69 Å².